The van der Waals surface area contributed by atoms with Crippen molar-refractivity contribution in [2.45, 2.75) is 5.16 Å². The summed E-state index contributed by atoms with van der Waals surface area (Å²) in [6.45, 7) is 0. The maximum Gasteiger partial charge on any atom is 0.234 e. The summed E-state index contributed by atoms with van der Waals surface area (Å²) in [5, 5.41) is 14.5. The van der Waals surface area contributed by atoms with Gasteiger partial charge in [0.2, 0.25) is 11.1 Å². The molecule has 3 aromatic rings. The first kappa shape index (κ1) is 16.6. The number of aromatic nitrogens is 4. The van der Waals surface area contributed by atoms with Gasteiger partial charge in [0.25, 0.3) is 0 Å². The zero-order valence-corrected chi connectivity index (χ0v) is 14.6. The van der Waals surface area contributed by atoms with Gasteiger partial charge in [0.05, 0.1) is 17.1 Å². The van der Waals surface area contributed by atoms with Crippen LogP contribution in [0.1, 0.15) is 0 Å². The Bertz CT molecular complexity index is 872. The van der Waals surface area contributed by atoms with Crippen LogP contribution in [-0.4, -0.2) is 31.9 Å². The molecule has 0 unspecified atom stereocenters. The number of carbonyl (C=O) groups is 1. The van der Waals surface area contributed by atoms with Gasteiger partial charge in [-0.15, -0.1) is 5.10 Å². The van der Waals surface area contributed by atoms with Crippen LogP contribution < -0.4 is 5.32 Å². The highest BCUT2D eigenvalue weighted by atomic mass is 79.9. The molecule has 1 N–H and O–H groups in total. The number of para-hydroxylation sites is 1. The standard InChI is InChI=1S/C15H11BrFN5OS/c16-12-6-1-2-7-13(12)18-14(23)9-24-15-19-20-21-22(15)11-5-3-4-10(17)8-11/h1-8H,9H2,(H,18,23). The quantitative estimate of drug-likeness (QED) is 0.656. The van der Waals surface area contributed by atoms with E-state index in [-0.39, 0.29) is 17.5 Å². The summed E-state index contributed by atoms with van der Waals surface area (Å²) >= 11 is 4.53. The van der Waals surface area contributed by atoms with Gasteiger partial charge >= 0.3 is 0 Å². The molecule has 0 aliphatic carbocycles. The SMILES string of the molecule is O=C(CSc1nnnn1-c1cccc(F)c1)Nc1ccccc1Br. The number of halogens is 2. The Hall–Kier alpha value is -2.26. The van der Waals surface area contributed by atoms with Crippen LogP contribution in [0.25, 0.3) is 5.69 Å². The Kier molecular flexibility index (Phi) is 5.21. The lowest BCUT2D eigenvalue weighted by Gasteiger charge is -2.07. The van der Waals surface area contributed by atoms with E-state index in [0.29, 0.717) is 16.5 Å². The first-order valence-electron chi connectivity index (χ1n) is 6.85. The normalized spacial score (nSPS) is 10.6. The summed E-state index contributed by atoms with van der Waals surface area (Å²) < 4.78 is 15.5. The van der Waals surface area contributed by atoms with Gasteiger partial charge in [-0.1, -0.05) is 30.0 Å². The second kappa shape index (κ2) is 7.54. The zero-order valence-electron chi connectivity index (χ0n) is 12.2. The van der Waals surface area contributed by atoms with E-state index in [2.05, 4.69) is 36.8 Å². The summed E-state index contributed by atoms with van der Waals surface area (Å²) in [5.74, 6) is -0.455. The third kappa shape index (κ3) is 3.98. The van der Waals surface area contributed by atoms with E-state index in [1.165, 1.54) is 16.8 Å². The molecule has 0 aliphatic heterocycles. The van der Waals surface area contributed by atoms with E-state index in [0.717, 1.165) is 16.2 Å². The molecule has 0 saturated carbocycles. The average Bonchev–Trinajstić information content (AvgIpc) is 3.04. The zero-order chi connectivity index (χ0) is 16.9. The molecule has 3 rings (SSSR count). The number of hydrogen-bond acceptors (Lipinski definition) is 5. The lowest BCUT2D eigenvalue weighted by atomic mass is 10.3. The van der Waals surface area contributed by atoms with Crippen LogP contribution in [0.3, 0.4) is 0 Å². The topological polar surface area (TPSA) is 72.7 Å². The highest BCUT2D eigenvalue weighted by Gasteiger charge is 2.12. The van der Waals surface area contributed by atoms with Gasteiger partial charge in [-0.2, -0.15) is 4.68 Å². The largest absolute Gasteiger partial charge is 0.324 e. The summed E-state index contributed by atoms with van der Waals surface area (Å²) in [4.78, 5) is 12.1. The molecular weight excluding hydrogens is 397 g/mol. The molecule has 0 radical (unpaired) electrons. The van der Waals surface area contributed by atoms with Crippen LogP contribution in [0.15, 0.2) is 58.2 Å². The van der Waals surface area contributed by atoms with Gasteiger partial charge < -0.3 is 5.32 Å². The second-order valence-electron chi connectivity index (χ2n) is 4.67. The molecule has 0 fully saturated rings. The Morgan fingerprint density at radius 3 is 2.88 bits per heavy atom. The Morgan fingerprint density at radius 1 is 1.25 bits per heavy atom. The maximum absolute atomic E-state index is 13.3. The van der Waals surface area contributed by atoms with Crippen molar-refractivity contribution in [3.8, 4) is 5.69 Å². The number of rotatable bonds is 5. The van der Waals surface area contributed by atoms with E-state index in [9.17, 15) is 9.18 Å². The van der Waals surface area contributed by atoms with Crippen LogP contribution in [0.4, 0.5) is 10.1 Å². The number of tetrazole rings is 1. The first-order chi connectivity index (χ1) is 11.6. The van der Waals surface area contributed by atoms with Gasteiger partial charge in [-0.25, -0.2) is 4.39 Å². The smallest absolute Gasteiger partial charge is 0.234 e. The highest BCUT2D eigenvalue weighted by Crippen LogP contribution is 2.22. The van der Waals surface area contributed by atoms with Crippen molar-refractivity contribution in [2.75, 3.05) is 11.1 Å². The van der Waals surface area contributed by atoms with Crippen molar-refractivity contribution in [2.24, 2.45) is 0 Å². The van der Waals surface area contributed by atoms with Crippen molar-refractivity contribution >= 4 is 39.3 Å². The van der Waals surface area contributed by atoms with Crippen LogP contribution >= 0.6 is 27.7 Å². The lowest BCUT2D eigenvalue weighted by molar-refractivity contribution is -0.113. The molecule has 1 aromatic heterocycles. The van der Waals surface area contributed by atoms with Gasteiger partial charge in [-0.3, -0.25) is 4.79 Å². The van der Waals surface area contributed by atoms with Gasteiger partial charge in [0.1, 0.15) is 5.82 Å². The van der Waals surface area contributed by atoms with Crippen LogP contribution in [0.2, 0.25) is 0 Å². The molecule has 0 atom stereocenters. The summed E-state index contributed by atoms with van der Waals surface area (Å²) in [6, 6.07) is 13.2. The Morgan fingerprint density at radius 2 is 2.08 bits per heavy atom. The Labute approximate surface area is 149 Å². The minimum atomic E-state index is -0.384. The van der Waals surface area contributed by atoms with E-state index in [1.54, 1.807) is 18.2 Å². The van der Waals surface area contributed by atoms with E-state index in [4.69, 9.17) is 0 Å². The lowest BCUT2D eigenvalue weighted by Crippen LogP contribution is -2.15. The fourth-order valence-corrected chi connectivity index (χ4v) is 2.99. The molecular formula is C15H11BrFN5OS. The summed E-state index contributed by atoms with van der Waals surface area (Å²) in [7, 11) is 0. The molecule has 24 heavy (non-hydrogen) atoms. The molecule has 0 bridgehead atoms. The van der Waals surface area contributed by atoms with Gasteiger partial charge in [0, 0.05) is 4.47 Å². The van der Waals surface area contributed by atoms with E-state index in [1.807, 2.05) is 18.2 Å². The third-order valence-corrected chi connectivity index (χ3v) is 4.58. The number of anilines is 1. The number of nitrogens with zero attached hydrogens (tertiary/aromatic N) is 4. The molecule has 2 aromatic carbocycles. The van der Waals surface area contributed by atoms with Gasteiger partial charge in [0.15, 0.2) is 0 Å². The monoisotopic (exact) mass is 407 g/mol. The van der Waals surface area contributed by atoms with Crippen LogP contribution in [-0.2, 0) is 4.79 Å². The summed E-state index contributed by atoms with van der Waals surface area (Å²) in [6.07, 6.45) is 0. The number of carbonyl (C=O) groups excluding carboxylic acids is 1. The highest BCUT2D eigenvalue weighted by molar-refractivity contribution is 9.10. The second-order valence-corrected chi connectivity index (χ2v) is 6.47. The number of amides is 1. The van der Waals surface area contributed by atoms with E-state index >= 15 is 0 Å². The molecule has 0 saturated heterocycles. The fourth-order valence-electron chi connectivity index (χ4n) is 1.92. The van der Waals surface area contributed by atoms with Gasteiger partial charge in [-0.05, 0) is 56.7 Å². The first-order valence-corrected chi connectivity index (χ1v) is 8.63. The number of benzene rings is 2. The minimum Gasteiger partial charge on any atom is -0.324 e. The summed E-state index contributed by atoms with van der Waals surface area (Å²) in [5.41, 5.74) is 1.18. The predicted molar refractivity (Wildman–Crippen MR) is 92.6 cm³/mol. The van der Waals surface area contributed by atoms with E-state index < -0.39 is 0 Å². The van der Waals surface area contributed by atoms with Crippen LogP contribution in [0.5, 0.6) is 0 Å². The molecule has 0 aliphatic rings. The Balaban J connectivity index is 1.67. The fraction of sp³-hybridized carbons (Fsp3) is 0.0667. The van der Waals surface area contributed by atoms with Crippen molar-refractivity contribution in [1.29, 1.82) is 0 Å². The van der Waals surface area contributed by atoms with Crippen molar-refractivity contribution in [3.05, 3.63) is 58.8 Å². The number of thioether (sulfide) groups is 1. The molecule has 1 heterocycles. The number of hydrogen-bond donors (Lipinski definition) is 1. The van der Waals surface area contributed by atoms with Crippen molar-refractivity contribution in [1.82, 2.24) is 20.2 Å². The van der Waals surface area contributed by atoms with Crippen molar-refractivity contribution in [3.63, 3.8) is 0 Å². The van der Waals surface area contributed by atoms with Crippen molar-refractivity contribution < 1.29 is 9.18 Å². The molecule has 6 nitrogen and oxygen atoms in total. The molecule has 122 valence electrons. The number of nitrogens with one attached hydrogen (secondary N) is 1. The molecule has 1 amide bonds. The predicted octanol–water partition coefficient (Wildman–Crippen LogP) is 3.29. The molecule has 9 heteroatoms. The molecule has 0 spiro atoms. The maximum atomic E-state index is 13.3. The minimum absolute atomic E-state index is 0.122. The average molecular weight is 408 g/mol. The van der Waals surface area contributed by atoms with Crippen LogP contribution in [0, 0.1) is 5.82 Å². The third-order valence-electron chi connectivity index (χ3n) is 2.97.